The van der Waals surface area contributed by atoms with Gasteiger partial charge in [-0.1, -0.05) is 25.2 Å². The van der Waals surface area contributed by atoms with Crippen LogP contribution < -0.4 is 11.1 Å². The molecule has 0 bridgehead atoms. The normalized spacial score (nSPS) is 10.7. The molecule has 1 aromatic carbocycles. The maximum absolute atomic E-state index is 13.8. The fourth-order valence-corrected chi connectivity index (χ4v) is 1.97. The number of nitrogens with two attached hydrogens (primary N) is 1. The van der Waals surface area contributed by atoms with Crippen LogP contribution in [0.1, 0.15) is 49.5 Å². The Morgan fingerprint density at radius 3 is 2.70 bits per heavy atom. The van der Waals surface area contributed by atoms with Gasteiger partial charge in [0.15, 0.2) is 0 Å². The van der Waals surface area contributed by atoms with Crippen LogP contribution in [0.2, 0.25) is 0 Å². The molecule has 0 aliphatic heterocycles. The number of nitrogens with one attached hydrogen (secondary N) is 1. The van der Waals surface area contributed by atoms with E-state index in [1.807, 2.05) is 13.8 Å². The Balaban J connectivity index is 2.88. The highest BCUT2D eigenvalue weighted by Gasteiger charge is 2.20. The number of benzene rings is 1. The molecular formula is C16H21FN2O. The van der Waals surface area contributed by atoms with E-state index in [-0.39, 0.29) is 23.6 Å². The first kappa shape index (κ1) is 16.2. The number of amides is 1. The molecule has 0 radical (unpaired) electrons. The number of hydrogen-bond acceptors (Lipinski definition) is 2. The van der Waals surface area contributed by atoms with E-state index >= 15 is 0 Å². The summed E-state index contributed by atoms with van der Waals surface area (Å²) in [5.41, 5.74) is 5.48. The molecule has 0 aliphatic rings. The molecule has 3 nitrogen and oxygen atoms in total. The van der Waals surface area contributed by atoms with Crippen molar-refractivity contribution in [2.45, 2.75) is 39.2 Å². The van der Waals surface area contributed by atoms with Gasteiger partial charge in [0.05, 0.1) is 12.1 Å². The minimum atomic E-state index is -0.508. The Morgan fingerprint density at radius 1 is 1.45 bits per heavy atom. The van der Waals surface area contributed by atoms with Gasteiger partial charge in [-0.3, -0.25) is 4.79 Å². The zero-order chi connectivity index (χ0) is 15.2. The summed E-state index contributed by atoms with van der Waals surface area (Å²) in [6, 6.07) is 4.28. The third-order valence-electron chi connectivity index (χ3n) is 2.88. The lowest BCUT2D eigenvalue weighted by Gasteiger charge is -2.25. The largest absolute Gasteiger partial charge is 0.347 e. The molecule has 0 saturated heterocycles. The monoisotopic (exact) mass is 276 g/mol. The third kappa shape index (κ3) is 4.67. The standard InChI is InChI=1S/C16H21FN2O/c1-4-9-16(2,3)19-15(20)13-8-7-12(6-5-10-18)14(17)11-13/h7-8,11H,4,9-10,18H2,1-3H3,(H,19,20). The molecule has 3 N–H and O–H groups in total. The molecule has 0 heterocycles. The summed E-state index contributed by atoms with van der Waals surface area (Å²) in [6.07, 6.45) is 1.83. The van der Waals surface area contributed by atoms with Gasteiger partial charge in [-0.15, -0.1) is 0 Å². The second-order valence-electron chi connectivity index (χ2n) is 5.29. The van der Waals surface area contributed by atoms with Crippen LogP contribution in [-0.4, -0.2) is 18.0 Å². The SMILES string of the molecule is CCCC(C)(C)NC(=O)c1ccc(C#CCN)c(F)c1. The topological polar surface area (TPSA) is 55.1 Å². The maximum Gasteiger partial charge on any atom is 0.251 e. The van der Waals surface area contributed by atoms with Gasteiger partial charge in [0.25, 0.3) is 5.91 Å². The Hall–Kier alpha value is -1.86. The summed E-state index contributed by atoms with van der Waals surface area (Å²) in [6.45, 7) is 6.13. The van der Waals surface area contributed by atoms with Crippen molar-refractivity contribution in [2.75, 3.05) is 6.54 Å². The number of carbonyl (C=O) groups is 1. The molecular weight excluding hydrogens is 255 g/mol. The number of rotatable bonds is 4. The Bertz CT molecular complexity index is 541. The lowest BCUT2D eigenvalue weighted by atomic mass is 9.98. The predicted octanol–water partition coefficient (Wildman–Crippen LogP) is 2.44. The van der Waals surface area contributed by atoms with E-state index in [2.05, 4.69) is 24.1 Å². The molecule has 0 fully saturated rings. The summed E-state index contributed by atoms with van der Waals surface area (Å²) in [4.78, 5) is 12.1. The van der Waals surface area contributed by atoms with E-state index in [1.54, 1.807) is 6.07 Å². The zero-order valence-corrected chi connectivity index (χ0v) is 12.2. The van der Waals surface area contributed by atoms with Crippen molar-refractivity contribution >= 4 is 5.91 Å². The van der Waals surface area contributed by atoms with E-state index in [4.69, 9.17) is 5.73 Å². The highest BCUT2D eigenvalue weighted by Crippen LogP contribution is 2.14. The summed E-state index contributed by atoms with van der Waals surface area (Å²) in [7, 11) is 0. The van der Waals surface area contributed by atoms with Crippen LogP contribution >= 0.6 is 0 Å². The van der Waals surface area contributed by atoms with Gasteiger partial charge < -0.3 is 11.1 Å². The first-order valence-electron chi connectivity index (χ1n) is 6.70. The van der Waals surface area contributed by atoms with Crippen LogP contribution in [0.25, 0.3) is 0 Å². The van der Waals surface area contributed by atoms with Crippen LogP contribution in [0.4, 0.5) is 4.39 Å². The van der Waals surface area contributed by atoms with Crippen molar-refractivity contribution in [1.82, 2.24) is 5.32 Å². The average molecular weight is 276 g/mol. The van der Waals surface area contributed by atoms with Gasteiger partial charge in [-0.2, -0.15) is 0 Å². The van der Waals surface area contributed by atoms with E-state index in [9.17, 15) is 9.18 Å². The molecule has 0 atom stereocenters. The smallest absolute Gasteiger partial charge is 0.251 e. The first-order valence-corrected chi connectivity index (χ1v) is 6.70. The van der Waals surface area contributed by atoms with Gasteiger partial charge in [0.1, 0.15) is 5.82 Å². The minimum Gasteiger partial charge on any atom is -0.347 e. The summed E-state index contributed by atoms with van der Waals surface area (Å²) in [5.74, 6) is 4.43. The van der Waals surface area contributed by atoms with Crippen LogP contribution in [0.3, 0.4) is 0 Å². The average Bonchev–Trinajstić information content (AvgIpc) is 2.36. The Kier molecular flexibility index (Phi) is 5.72. The molecule has 108 valence electrons. The van der Waals surface area contributed by atoms with E-state index in [0.29, 0.717) is 5.56 Å². The maximum atomic E-state index is 13.8. The van der Waals surface area contributed by atoms with Crippen LogP contribution in [-0.2, 0) is 0 Å². The molecule has 0 aromatic heterocycles. The molecule has 0 unspecified atom stereocenters. The molecule has 20 heavy (non-hydrogen) atoms. The fourth-order valence-electron chi connectivity index (χ4n) is 1.97. The van der Waals surface area contributed by atoms with Crippen LogP contribution in [0, 0.1) is 17.7 Å². The Labute approximate surface area is 119 Å². The van der Waals surface area contributed by atoms with Gasteiger partial charge in [-0.05, 0) is 38.5 Å². The highest BCUT2D eigenvalue weighted by atomic mass is 19.1. The lowest BCUT2D eigenvalue weighted by molar-refractivity contribution is 0.0908. The Morgan fingerprint density at radius 2 is 2.15 bits per heavy atom. The molecule has 0 saturated carbocycles. The van der Waals surface area contributed by atoms with Crippen molar-refractivity contribution in [3.05, 3.63) is 35.1 Å². The van der Waals surface area contributed by atoms with E-state index < -0.39 is 5.82 Å². The summed E-state index contributed by atoms with van der Waals surface area (Å²) in [5, 5.41) is 2.90. The van der Waals surface area contributed by atoms with Crippen molar-refractivity contribution < 1.29 is 9.18 Å². The van der Waals surface area contributed by atoms with Gasteiger partial charge >= 0.3 is 0 Å². The molecule has 1 aromatic rings. The number of halogens is 1. The van der Waals surface area contributed by atoms with Crippen molar-refractivity contribution in [2.24, 2.45) is 5.73 Å². The fraction of sp³-hybridized carbons (Fsp3) is 0.438. The highest BCUT2D eigenvalue weighted by molar-refractivity contribution is 5.94. The summed E-state index contributed by atoms with van der Waals surface area (Å²) < 4.78 is 13.8. The van der Waals surface area contributed by atoms with Crippen molar-refractivity contribution in [3.8, 4) is 11.8 Å². The quantitative estimate of drug-likeness (QED) is 0.830. The lowest BCUT2D eigenvalue weighted by Crippen LogP contribution is -2.43. The van der Waals surface area contributed by atoms with E-state index in [0.717, 1.165) is 12.8 Å². The molecule has 1 amide bonds. The second-order valence-corrected chi connectivity index (χ2v) is 5.29. The number of carbonyl (C=O) groups excluding carboxylic acids is 1. The molecule has 0 spiro atoms. The third-order valence-corrected chi connectivity index (χ3v) is 2.88. The van der Waals surface area contributed by atoms with Gasteiger partial charge in [0.2, 0.25) is 0 Å². The van der Waals surface area contributed by atoms with E-state index in [1.165, 1.54) is 12.1 Å². The van der Waals surface area contributed by atoms with Crippen LogP contribution in [0.15, 0.2) is 18.2 Å². The van der Waals surface area contributed by atoms with Gasteiger partial charge in [0, 0.05) is 11.1 Å². The minimum absolute atomic E-state index is 0.173. The molecule has 0 aliphatic carbocycles. The van der Waals surface area contributed by atoms with Gasteiger partial charge in [-0.25, -0.2) is 4.39 Å². The molecule has 4 heteroatoms. The van der Waals surface area contributed by atoms with Crippen molar-refractivity contribution in [3.63, 3.8) is 0 Å². The molecule has 1 rings (SSSR count). The second kappa shape index (κ2) is 7.06. The summed E-state index contributed by atoms with van der Waals surface area (Å²) >= 11 is 0. The number of hydrogen-bond donors (Lipinski definition) is 2. The zero-order valence-electron chi connectivity index (χ0n) is 12.2. The van der Waals surface area contributed by atoms with Crippen molar-refractivity contribution in [1.29, 1.82) is 0 Å². The van der Waals surface area contributed by atoms with Crippen LogP contribution in [0.5, 0.6) is 0 Å². The predicted molar refractivity (Wildman–Crippen MR) is 78.8 cm³/mol. The first-order chi connectivity index (χ1) is 9.39.